The second-order valence-electron chi connectivity index (χ2n) is 5.78. The van der Waals surface area contributed by atoms with Crippen molar-refractivity contribution < 1.29 is 0 Å². The zero-order chi connectivity index (χ0) is 16.5. The minimum atomic E-state index is 0.307. The molecule has 4 aromatic rings. The van der Waals surface area contributed by atoms with Crippen molar-refractivity contribution in [2.24, 2.45) is 5.10 Å². The number of imidazole rings is 1. The number of para-hydroxylation sites is 3. The molecular weight excluding hydrogens is 318 g/mol. The van der Waals surface area contributed by atoms with Gasteiger partial charge in [-0.2, -0.15) is 5.10 Å². The van der Waals surface area contributed by atoms with Gasteiger partial charge < -0.3 is 4.57 Å². The van der Waals surface area contributed by atoms with Crippen LogP contribution in [0, 0.1) is 0 Å². The van der Waals surface area contributed by atoms with Crippen molar-refractivity contribution in [1.82, 2.24) is 14.5 Å². The molecule has 0 aliphatic carbocycles. The van der Waals surface area contributed by atoms with E-state index < -0.39 is 0 Å². The summed E-state index contributed by atoms with van der Waals surface area (Å²) in [6.45, 7) is 4.29. The summed E-state index contributed by atoms with van der Waals surface area (Å²) in [7, 11) is 0. The van der Waals surface area contributed by atoms with Crippen molar-refractivity contribution >= 4 is 43.9 Å². The van der Waals surface area contributed by atoms with Gasteiger partial charge in [0.1, 0.15) is 0 Å². The van der Waals surface area contributed by atoms with E-state index in [0.29, 0.717) is 6.04 Å². The van der Waals surface area contributed by atoms with Crippen LogP contribution in [0.2, 0.25) is 0 Å². The van der Waals surface area contributed by atoms with E-state index in [0.717, 1.165) is 32.2 Å². The molecule has 0 amide bonds. The van der Waals surface area contributed by atoms with Crippen LogP contribution in [0.1, 0.15) is 25.7 Å². The molecule has 0 atom stereocenters. The second-order valence-corrected chi connectivity index (χ2v) is 6.81. The molecule has 0 aliphatic heterocycles. The molecule has 2 aromatic heterocycles. The van der Waals surface area contributed by atoms with Crippen LogP contribution in [0.5, 0.6) is 0 Å². The number of benzene rings is 2. The van der Waals surface area contributed by atoms with E-state index in [9.17, 15) is 0 Å². The molecule has 6 heteroatoms. The van der Waals surface area contributed by atoms with E-state index in [1.807, 2.05) is 36.4 Å². The van der Waals surface area contributed by atoms with Gasteiger partial charge in [0.15, 0.2) is 5.82 Å². The Morgan fingerprint density at radius 2 is 1.79 bits per heavy atom. The highest BCUT2D eigenvalue weighted by molar-refractivity contribution is 7.22. The summed E-state index contributed by atoms with van der Waals surface area (Å²) in [5.74, 6) is 0.833. The minimum absolute atomic E-state index is 0.307. The van der Waals surface area contributed by atoms with Crippen molar-refractivity contribution in [3.63, 3.8) is 0 Å². The first-order chi connectivity index (χ1) is 11.7. The second kappa shape index (κ2) is 6.05. The Morgan fingerprint density at radius 1 is 1.04 bits per heavy atom. The van der Waals surface area contributed by atoms with E-state index in [1.54, 1.807) is 17.6 Å². The highest BCUT2D eigenvalue weighted by Crippen LogP contribution is 2.25. The monoisotopic (exact) mass is 335 g/mol. The molecule has 1 N–H and O–H groups in total. The minimum Gasteiger partial charge on any atom is -0.321 e. The number of hydrogen-bond acceptors (Lipinski definition) is 5. The molecule has 0 aliphatic rings. The number of nitrogens with one attached hydrogen (secondary N) is 1. The van der Waals surface area contributed by atoms with Crippen molar-refractivity contribution in [1.29, 1.82) is 0 Å². The quantitative estimate of drug-likeness (QED) is 0.435. The molecule has 0 saturated heterocycles. The van der Waals surface area contributed by atoms with Gasteiger partial charge in [0.05, 0.1) is 27.5 Å². The summed E-state index contributed by atoms with van der Waals surface area (Å²) in [5, 5.41) is 5.11. The molecule has 2 aromatic carbocycles. The first-order valence-corrected chi connectivity index (χ1v) is 8.65. The van der Waals surface area contributed by atoms with E-state index in [2.05, 4.69) is 51.0 Å². The van der Waals surface area contributed by atoms with Crippen LogP contribution in [0.25, 0.3) is 21.3 Å². The van der Waals surface area contributed by atoms with Crippen molar-refractivity contribution in [2.75, 3.05) is 5.43 Å². The van der Waals surface area contributed by atoms with E-state index in [-0.39, 0.29) is 0 Å². The Balaban J connectivity index is 1.63. The van der Waals surface area contributed by atoms with Gasteiger partial charge in [0.2, 0.25) is 5.13 Å². The van der Waals surface area contributed by atoms with Crippen molar-refractivity contribution in [3.05, 3.63) is 54.4 Å². The van der Waals surface area contributed by atoms with E-state index in [4.69, 9.17) is 0 Å². The number of rotatable bonds is 4. The zero-order valence-electron chi connectivity index (χ0n) is 13.5. The third-order valence-electron chi connectivity index (χ3n) is 3.77. The summed E-state index contributed by atoms with van der Waals surface area (Å²) in [6, 6.07) is 16.5. The molecule has 5 nitrogen and oxygen atoms in total. The maximum Gasteiger partial charge on any atom is 0.204 e. The Hall–Kier alpha value is -2.73. The highest BCUT2D eigenvalue weighted by Gasteiger charge is 2.11. The third-order valence-corrected chi connectivity index (χ3v) is 4.71. The van der Waals surface area contributed by atoms with Gasteiger partial charge >= 0.3 is 0 Å². The summed E-state index contributed by atoms with van der Waals surface area (Å²) in [5.41, 5.74) is 6.10. The molecule has 0 radical (unpaired) electrons. The lowest BCUT2D eigenvalue weighted by Crippen LogP contribution is -2.06. The molecular formula is C18H17N5S. The van der Waals surface area contributed by atoms with Gasteiger partial charge in [-0.05, 0) is 38.1 Å². The van der Waals surface area contributed by atoms with Gasteiger partial charge in [-0.3, -0.25) is 5.43 Å². The number of thiazole rings is 1. The summed E-state index contributed by atoms with van der Waals surface area (Å²) in [6.07, 6.45) is 1.76. The fraction of sp³-hybridized carbons (Fsp3) is 0.167. The predicted molar refractivity (Wildman–Crippen MR) is 101 cm³/mol. The van der Waals surface area contributed by atoms with Crippen LogP contribution in [0.3, 0.4) is 0 Å². The van der Waals surface area contributed by atoms with Crippen LogP contribution in [0.4, 0.5) is 5.13 Å². The first-order valence-electron chi connectivity index (χ1n) is 7.84. The van der Waals surface area contributed by atoms with Crippen LogP contribution in [-0.2, 0) is 0 Å². The predicted octanol–water partition coefficient (Wildman–Crippen LogP) is 4.67. The van der Waals surface area contributed by atoms with Gasteiger partial charge in [-0.25, -0.2) is 9.97 Å². The summed E-state index contributed by atoms with van der Waals surface area (Å²) >= 11 is 1.58. The van der Waals surface area contributed by atoms with E-state index in [1.165, 1.54) is 0 Å². The number of aromatic nitrogens is 3. The summed E-state index contributed by atoms with van der Waals surface area (Å²) in [4.78, 5) is 9.18. The van der Waals surface area contributed by atoms with Crippen molar-refractivity contribution in [3.8, 4) is 0 Å². The Morgan fingerprint density at radius 3 is 2.58 bits per heavy atom. The molecule has 0 unspecified atom stereocenters. The van der Waals surface area contributed by atoms with Gasteiger partial charge in [-0.15, -0.1) is 0 Å². The molecule has 0 fully saturated rings. The molecule has 24 heavy (non-hydrogen) atoms. The Kier molecular flexibility index (Phi) is 3.74. The molecule has 2 heterocycles. The van der Waals surface area contributed by atoms with Crippen molar-refractivity contribution in [2.45, 2.75) is 19.9 Å². The number of fused-ring (bicyclic) bond motifs is 2. The average molecular weight is 335 g/mol. The first kappa shape index (κ1) is 14.8. The number of anilines is 1. The number of hydrazone groups is 1. The SMILES string of the molecule is CC(C)n1c(C=NNc2nc3ccccc3s2)nc2ccccc21. The topological polar surface area (TPSA) is 55.1 Å². The largest absolute Gasteiger partial charge is 0.321 e. The standard InChI is InChI=1S/C18H17N5S/c1-12(2)23-15-9-5-3-7-13(15)20-17(23)11-19-22-18-21-14-8-4-6-10-16(14)24-18/h3-12H,1-2H3,(H,21,22). The van der Waals surface area contributed by atoms with Crippen LogP contribution in [0.15, 0.2) is 53.6 Å². The maximum atomic E-state index is 4.66. The molecule has 4 rings (SSSR count). The Labute approximate surface area is 143 Å². The molecule has 0 saturated carbocycles. The van der Waals surface area contributed by atoms with Crippen LogP contribution in [-0.4, -0.2) is 20.7 Å². The van der Waals surface area contributed by atoms with Crippen LogP contribution >= 0.6 is 11.3 Å². The average Bonchev–Trinajstić information content (AvgIpc) is 3.14. The molecule has 120 valence electrons. The smallest absolute Gasteiger partial charge is 0.204 e. The Bertz CT molecular complexity index is 995. The number of nitrogens with zero attached hydrogens (tertiary/aromatic N) is 4. The molecule has 0 bridgehead atoms. The third kappa shape index (κ3) is 2.65. The van der Waals surface area contributed by atoms with Gasteiger partial charge in [0.25, 0.3) is 0 Å². The van der Waals surface area contributed by atoms with Gasteiger partial charge in [0, 0.05) is 6.04 Å². The summed E-state index contributed by atoms with van der Waals surface area (Å²) < 4.78 is 3.32. The highest BCUT2D eigenvalue weighted by atomic mass is 32.1. The zero-order valence-corrected chi connectivity index (χ0v) is 14.3. The fourth-order valence-corrected chi connectivity index (χ4v) is 3.58. The number of hydrogen-bond donors (Lipinski definition) is 1. The maximum absolute atomic E-state index is 4.66. The molecule has 0 spiro atoms. The normalized spacial score (nSPS) is 12.0. The lowest BCUT2D eigenvalue weighted by molar-refractivity contribution is 0.614. The van der Waals surface area contributed by atoms with E-state index >= 15 is 0 Å². The lowest BCUT2D eigenvalue weighted by Gasteiger charge is -2.10. The van der Waals surface area contributed by atoms with Crippen LogP contribution < -0.4 is 5.43 Å². The lowest BCUT2D eigenvalue weighted by atomic mass is 10.3. The fourth-order valence-electron chi connectivity index (χ4n) is 2.76. The van der Waals surface area contributed by atoms with Gasteiger partial charge in [-0.1, -0.05) is 35.6 Å².